The first-order chi connectivity index (χ1) is 11.0. The summed E-state index contributed by atoms with van der Waals surface area (Å²) < 4.78 is 5.69. The zero-order chi connectivity index (χ0) is 16.8. The standard InChI is InChI=1S/C13H14ClN5O3S/c1-22-11(21)6-16-10(20)7-23-13-18-17-12(19(13)15)8-4-2-3-5-9(8)14/h2-5H,6-7,15H2,1H3,(H,16,20). The van der Waals surface area contributed by atoms with Crippen molar-refractivity contribution < 1.29 is 14.3 Å². The van der Waals surface area contributed by atoms with Gasteiger partial charge in [0, 0.05) is 5.56 Å². The Labute approximate surface area is 141 Å². The molecule has 1 heterocycles. The van der Waals surface area contributed by atoms with Crippen LogP contribution in [-0.2, 0) is 14.3 Å². The number of hydrogen-bond donors (Lipinski definition) is 2. The molecule has 8 nitrogen and oxygen atoms in total. The normalized spacial score (nSPS) is 10.3. The molecule has 2 rings (SSSR count). The molecule has 1 amide bonds. The Bertz CT molecular complexity index is 721. The Kier molecular flexibility index (Phi) is 5.83. The molecule has 3 N–H and O–H groups in total. The van der Waals surface area contributed by atoms with Crippen LogP contribution in [0.2, 0.25) is 5.02 Å². The van der Waals surface area contributed by atoms with Gasteiger partial charge in [-0.25, -0.2) is 4.68 Å². The largest absolute Gasteiger partial charge is 0.468 e. The monoisotopic (exact) mass is 355 g/mol. The molecule has 1 aromatic heterocycles. The van der Waals surface area contributed by atoms with Gasteiger partial charge >= 0.3 is 5.97 Å². The molecule has 10 heteroatoms. The molecule has 23 heavy (non-hydrogen) atoms. The number of carbonyl (C=O) groups excluding carboxylic acids is 2. The summed E-state index contributed by atoms with van der Waals surface area (Å²) in [6, 6.07) is 7.10. The molecule has 0 bridgehead atoms. The van der Waals surface area contributed by atoms with E-state index in [-0.39, 0.29) is 18.2 Å². The number of benzene rings is 1. The number of nitrogens with two attached hydrogens (primary N) is 1. The van der Waals surface area contributed by atoms with E-state index in [0.717, 1.165) is 11.8 Å². The Morgan fingerprint density at radius 1 is 1.39 bits per heavy atom. The van der Waals surface area contributed by atoms with Gasteiger partial charge < -0.3 is 15.9 Å². The van der Waals surface area contributed by atoms with Crippen LogP contribution in [0.15, 0.2) is 29.4 Å². The van der Waals surface area contributed by atoms with Crippen molar-refractivity contribution >= 4 is 35.2 Å². The molecule has 0 fully saturated rings. The summed E-state index contributed by atoms with van der Waals surface area (Å²) in [5.41, 5.74) is 0.645. The zero-order valence-corrected chi connectivity index (χ0v) is 13.7. The summed E-state index contributed by atoms with van der Waals surface area (Å²) in [4.78, 5) is 22.6. The zero-order valence-electron chi connectivity index (χ0n) is 12.2. The Balaban J connectivity index is 1.99. The third-order valence-electron chi connectivity index (χ3n) is 2.77. The number of nitrogens with zero attached hydrogens (tertiary/aromatic N) is 3. The number of nitrogen functional groups attached to an aromatic ring is 1. The average Bonchev–Trinajstić information content (AvgIpc) is 2.91. The topological polar surface area (TPSA) is 112 Å². The van der Waals surface area contributed by atoms with E-state index < -0.39 is 5.97 Å². The Hall–Kier alpha value is -2.26. The first-order valence-electron chi connectivity index (χ1n) is 6.44. The van der Waals surface area contributed by atoms with Crippen molar-refractivity contribution in [3.05, 3.63) is 29.3 Å². The van der Waals surface area contributed by atoms with Gasteiger partial charge in [-0.3, -0.25) is 9.59 Å². The third-order valence-corrected chi connectivity index (χ3v) is 4.04. The third kappa shape index (κ3) is 4.36. The number of amides is 1. The highest BCUT2D eigenvalue weighted by molar-refractivity contribution is 7.99. The Morgan fingerprint density at radius 2 is 2.13 bits per heavy atom. The fourth-order valence-electron chi connectivity index (χ4n) is 1.63. The molecule has 0 aliphatic carbocycles. The number of aromatic nitrogens is 3. The lowest BCUT2D eigenvalue weighted by Gasteiger charge is -2.05. The van der Waals surface area contributed by atoms with Crippen LogP contribution in [0, 0.1) is 0 Å². The molecule has 0 unspecified atom stereocenters. The lowest BCUT2D eigenvalue weighted by Crippen LogP contribution is -2.31. The van der Waals surface area contributed by atoms with Gasteiger partial charge in [-0.1, -0.05) is 35.5 Å². The number of halogens is 1. The maximum absolute atomic E-state index is 11.6. The second-order valence-corrected chi connectivity index (χ2v) is 5.65. The lowest BCUT2D eigenvalue weighted by molar-refractivity contribution is -0.140. The molecule has 1 aromatic carbocycles. The average molecular weight is 356 g/mol. The summed E-state index contributed by atoms with van der Waals surface area (Å²) in [7, 11) is 1.25. The number of ether oxygens (including phenoxy) is 1. The molecule has 0 spiro atoms. The Morgan fingerprint density at radius 3 is 2.83 bits per heavy atom. The predicted molar refractivity (Wildman–Crippen MR) is 86.4 cm³/mol. The molecule has 122 valence electrons. The summed E-state index contributed by atoms with van der Waals surface area (Å²) in [6.45, 7) is -0.184. The fraction of sp³-hybridized carbons (Fsp3) is 0.231. The van der Waals surface area contributed by atoms with Gasteiger partial charge in [0.05, 0.1) is 17.9 Å². The lowest BCUT2D eigenvalue weighted by atomic mass is 10.2. The number of carbonyl (C=O) groups is 2. The minimum Gasteiger partial charge on any atom is -0.468 e. The van der Waals surface area contributed by atoms with Crippen molar-refractivity contribution in [2.24, 2.45) is 0 Å². The first-order valence-corrected chi connectivity index (χ1v) is 7.81. The molecule has 0 atom stereocenters. The summed E-state index contributed by atoms with van der Waals surface area (Å²) >= 11 is 7.19. The van der Waals surface area contributed by atoms with Crippen molar-refractivity contribution in [2.45, 2.75) is 5.16 Å². The molecule has 0 saturated carbocycles. The van der Waals surface area contributed by atoms with Crippen LogP contribution >= 0.6 is 23.4 Å². The quantitative estimate of drug-likeness (QED) is 0.445. The molecule has 2 aromatic rings. The van der Waals surface area contributed by atoms with Gasteiger partial charge in [-0.15, -0.1) is 10.2 Å². The summed E-state index contributed by atoms with van der Waals surface area (Å²) in [5.74, 6) is 5.51. The number of rotatable bonds is 6. The van der Waals surface area contributed by atoms with Gasteiger partial charge in [-0.2, -0.15) is 0 Å². The first kappa shape index (κ1) is 17.1. The van der Waals surface area contributed by atoms with E-state index in [1.165, 1.54) is 11.8 Å². The van der Waals surface area contributed by atoms with Crippen molar-refractivity contribution in [3.63, 3.8) is 0 Å². The smallest absolute Gasteiger partial charge is 0.325 e. The maximum Gasteiger partial charge on any atom is 0.325 e. The minimum absolute atomic E-state index is 0.0366. The van der Waals surface area contributed by atoms with Crippen LogP contribution in [0.25, 0.3) is 11.4 Å². The SMILES string of the molecule is COC(=O)CNC(=O)CSc1nnc(-c2ccccc2Cl)n1N. The molecular weight excluding hydrogens is 342 g/mol. The van der Waals surface area contributed by atoms with Crippen LogP contribution < -0.4 is 11.2 Å². The number of nitrogens with one attached hydrogen (secondary N) is 1. The van der Waals surface area contributed by atoms with E-state index in [9.17, 15) is 9.59 Å². The highest BCUT2D eigenvalue weighted by Crippen LogP contribution is 2.27. The number of methoxy groups -OCH3 is 1. The number of hydrogen-bond acceptors (Lipinski definition) is 7. The molecule has 0 saturated heterocycles. The summed E-state index contributed by atoms with van der Waals surface area (Å²) in [6.07, 6.45) is 0. The second-order valence-electron chi connectivity index (χ2n) is 4.30. The molecule has 0 aliphatic heterocycles. The van der Waals surface area contributed by atoms with Gasteiger partial charge in [-0.05, 0) is 12.1 Å². The maximum atomic E-state index is 11.6. The highest BCUT2D eigenvalue weighted by atomic mass is 35.5. The van der Waals surface area contributed by atoms with Crippen LogP contribution in [0.5, 0.6) is 0 Å². The van der Waals surface area contributed by atoms with Crippen LogP contribution in [-0.4, -0.2) is 46.2 Å². The van der Waals surface area contributed by atoms with Gasteiger partial charge in [0.2, 0.25) is 11.1 Å². The molecule has 0 radical (unpaired) electrons. The number of esters is 1. The van der Waals surface area contributed by atoms with Gasteiger partial charge in [0.25, 0.3) is 0 Å². The summed E-state index contributed by atoms with van der Waals surface area (Å²) in [5, 5.41) is 11.2. The van der Waals surface area contributed by atoms with Crippen LogP contribution in [0.1, 0.15) is 0 Å². The fourth-order valence-corrected chi connectivity index (χ4v) is 2.53. The van der Waals surface area contributed by atoms with Crippen molar-refractivity contribution in [1.29, 1.82) is 0 Å². The number of thioether (sulfide) groups is 1. The second kappa shape index (κ2) is 7.84. The van der Waals surface area contributed by atoms with E-state index in [2.05, 4.69) is 20.3 Å². The molecule has 0 aliphatic rings. The van der Waals surface area contributed by atoms with Crippen molar-refractivity contribution in [1.82, 2.24) is 20.2 Å². The van der Waals surface area contributed by atoms with E-state index in [1.54, 1.807) is 18.2 Å². The van der Waals surface area contributed by atoms with E-state index >= 15 is 0 Å². The van der Waals surface area contributed by atoms with E-state index in [1.807, 2.05) is 6.07 Å². The highest BCUT2D eigenvalue weighted by Gasteiger charge is 2.15. The van der Waals surface area contributed by atoms with Crippen LogP contribution in [0.3, 0.4) is 0 Å². The van der Waals surface area contributed by atoms with Gasteiger partial charge in [0.15, 0.2) is 5.82 Å². The van der Waals surface area contributed by atoms with E-state index in [0.29, 0.717) is 21.6 Å². The predicted octanol–water partition coefficient (Wildman–Crippen LogP) is 0.694. The minimum atomic E-state index is -0.522. The van der Waals surface area contributed by atoms with Gasteiger partial charge in [0.1, 0.15) is 6.54 Å². The molecular formula is C13H14ClN5O3S. The van der Waals surface area contributed by atoms with Crippen LogP contribution in [0.4, 0.5) is 0 Å². The van der Waals surface area contributed by atoms with Crippen molar-refractivity contribution in [2.75, 3.05) is 25.3 Å². The van der Waals surface area contributed by atoms with E-state index in [4.69, 9.17) is 17.4 Å². The van der Waals surface area contributed by atoms with Crippen molar-refractivity contribution in [3.8, 4) is 11.4 Å².